The third kappa shape index (κ3) is 3.20. The van der Waals surface area contributed by atoms with Crippen LogP contribution in [0.3, 0.4) is 0 Å². The Balaban J connectivity index is 1.58. The second kappa shape index (κ2) is 6.42. The lowest BCUT2D eigenvalue weighted by atomic mass is 10.2. The SMILES string of the molecule is Cc1cc(=O)[nH]c([C@@H]2CN(C(=O)c3cc4ccccc4s3)CCO2)n1. The summed E-state index contributed by atoms with van der Waals surface area (Å²) in [6.07, 6.45) is -0.417. The van der Waals surface area contributed by atoms with E-state index in [0.717, 1.165) is 10.1 Å². The number of nitrogens with zero attached hydrogens (tertiary/aromatic N) is 2. The fourth-order valence-electron chi connectivity index (χ4n) is 3.00. The largest absolute Gasteiger partial charge is 0.367 e. The van der Waals surface area contributed by atoms with Gasteiger partial charge in [0.2, 0.25) is 0 Å². The predicted molar refractivity (Wildman–Crippen MR) is 96.0 cm³/mol. The Bertz CT molecular complexity index is 961. The number of carbonyl (C=O) groups is 1. The molecule has 0 aliphatic carbocycles. The van der Waals surface area contributed by atoms with E-state index in [2.05, 4.69) is 9.97 Å². The van der Waals surface area contributed by atoms with Crippen molar-refractivity contribution in [2.24, 2.45) is 0 Å². The molecule has 0 bridgehead atoms. The number of aromatic amines is 1. The lowest BCUT2D eigenvalue weighted by Gasteiger charge is -2.32. The lowest BCUT2D eigenvalue weighted by molar-refractivity contribution is -0.0268. The Kier molecular flexibility index (Phi) is 4.10. The number of aromatic nitrogens is 2. The molecule has 1 atom stereocenters. The molecule has 2 aromatic heterocycles. The maximum absolute atomic E-state index is 12.9. The van der Waals surface area contributed by atoms with Gasteiger partial charge in [-0.3, -0.25) is 9.59 Å². The highest BCUT2D eigenvalue weighted by Crippen LogP contribution is 2.28. The predicted octanol–water partition coefficient (Wildman–Crippen LogP) is 2.51. The number of aryl methyl sites for hydroxylation is 1. The number of ether oxygens (including phenoxy) is 1. The molecule has 4 rings (SSSR count). The average Bonchev–Trinajstić information content (AvgIpc) is 3.04. The highest BCUT2D eigenvalue weighted by atomic mass is 32.1. The summed E-state index contributed by atoms with van der Waals surface area (Å²) < 4.78 is 6.82. The van der Waals surface area contributed by atoms with Gasteiger partial charge in [0.1, 0.15) is 11.9 Å². The Labute approximate surface area is 148 Å². The minimum absolute atomic E-state index is 0.00972. The van der Waals surface area contributed by atoms with Crippen LogP contribution in [0.15, 0.2) is 41.2 Å². The van der Waals surface area contributed by atoms with Crippen LogP contribution < -0.4 is 5.56 Å². The molecule has 1 saturated heterocycles. The molecule has 0 radical (unpaired) electrons. The minimum Gasteiger partial charge on any atom is -0.367 e. The normalized spacial score (nSPS) is 17.8. The summed E-state index contributed by atoms with van der Waals surface area (Å²) in [6.45, 7) is 3.08. The Morgan fingerprint density at radius 3 is 3.00 bits per heavy atom. The molecule has 3 heterocycles. The molecule has 3 aromatic rings. The number of hydrogen-bond acceptors (Lipinski definition) is 5. The van der Waals surface area contributed by atoms with Crippen LogP contribution in [0.4, 0.5) is 0 Å². The fraction of sp³-hybridized carbons (Fsp3) is 0.278. The van der Waals surface area contributed by atoms with Crippen molar-refractivity contribution in [3.63, 3.8) is 0 Å². The summed E-state index contributed by atoms with van der Waals surface area (Å²) in [6, 6.07) is 11.3. The highest BCUT2D eigenvalue weighted by molar-refractivity contribution is 7.20. The van der Waals surface area contributed by atoms with Gasteiger partial charge in [0.15, 0.2) is 0 Å². The van der Waals surface area contributed by atoms with Gasteiger partial charge in [-0.15, -0.1) is 11.3 Å². The zero-order valence-corrected chi connectivity index (χ0v) is 14.5. The van der Waals surface area contributed by atoms with Crippen molar-refractivity contribution in [1.82, 2.24) is 14.9 Å². The molecule has 7 heteroatoms. The fourth-order valence-corrected chi connectivity index (χ4v) is 4.03. The van der Waals surface area contributed by atoms with Gasteiger partial charge in [-0.2, -0.15) is 0 Å². The maximum Gasteiger partial charge on any atom is 0.264 e. The molecule has 1 fully saturated rings. The minimum atomic E-state index is -0.417. The van der Waals surface area contributed by atoms with E-state index in [9.17, 15) is 9.59 Å². The van der Waals surface area contributed by atoms with E-state index in [1.807, 2.05) is 30.3 Å². The van der Waals surface area contributed by atoms with Crippen LogP contribution in [-0.4, -0.2) is 40.5 Å². The molecule has 0 unspecified atom stereocenters. The second-order valence-corrected chi connectivity index (χ2v) is 7.11. The summed E-state index contributed by atoms with van der Waals surface area (Å²) >= 11 is 1.50. The molecule has 1 aliphatic rings. The zero-order valence-electron chi connectivity index (χ0n) is 13.7. The molecular weight excluding hydrogens is 338 g/mol. The van der Waals surface area contributed by atoms with Gasteiger partial charge in [0, 0.05) is 23.0 Å². The number of rotatable bonds is 2. The van der Waals surface area contributed by atoms with Crippen LogP contribution in [-0.2, 0) is 4.74 Å². The first kappa shape index (κ1) is 16.0. The van der Waals surface area contributed by atoms with Crippen LogP contribution >= 0.6 is 11.3 Å². The number of carbonyl (C=O) groups excluding carboxylic acids is 1. The van der Waals surface area contributed by atoms with Crippen molar-refractivity contribution < 1.29 is 9.53 Å². The van der Waals surface area contributed by atoms with E-state index < -0.39 is 6.10 Å². The number of benzene rings is 1. The molecule has 0 saturated carbocycles. The van der Waals surface area contributed by atoms with Crippen LogP contribution in [0, 0.1) is 6.92 Å². The van der Waals surface area contributed by atoms with Crippen molar-refractivity contribution in [3.8, 4) is 0 Å². The average molecular weight is 355 g/mol. The van der Waals surface area contributed by atoms with Gasteiger partial charge in [-0.25, -0.2) is 4.98 Å². The third-order valence-corrected chi connectivity index (χ3v) is 5.29. The van der Waals surface area contributed by atoms with E-state index in [-0.39, 0.29) is 11.5 Å². The smallest absolute Gasteiger partial charge is 0.264 e. The van der Waals surface area contributed by atoms with E-state index in [0.29, 0.717) is 36.1 Å². The summed E-state index contributed by atoms with van der Waals surface area (Å²) in [5.74, 6) is 0.461. The van der Waals surface area contributed by atoms with Crippen LogP contribution in [0.1, 0.15) is 27.3 Å². The summed E-state index contributed by atoms with van der Waals surface area (Å²) in [5.41, 5.74) is 0.425. The topological polar surface area (TPSA) is 75.3 Å². The van der Waals surface area contributed by atoms with Crippen molar-refractivity contribution >= 4 is 27.3 Å². The number of H-pyrrole nitrogens is 1. The summed E-state index contributed by atoms with van der Waals surface area (Å²) in [5, 5.41) is 1.07. The molecule has 1 aromatic carbocycles. The van der Waals surface area contributed by atoms with Gasteiger partial charge in [-0.1, -0.05) is 18.2 Å². The van der Waals surface area contributed by atoms with E-state index in [4.69, 9.17) is 4.74 Å². The lowest BCUT2D eigenvalue weighted by Crippen LogP contribution is -2.42. The third-order valence-electron chi connectivity index (χ3n) is 4.18. The Morgan fingerprint density at radius 1 is 1.36 bits per heavy atom. The number of hydrogen-bond donors (Lipinski definition) is 1. The summed E-state index contributed by atoms with van der Waals surface area (Å²) in [4.78, 5) is 34.1. The van der Waals surface area contributed by atoms with Crippen molar-refractivity contribution in [2.45, 2.75) is 13.0 Å². The molecule has 128 valence electrons. The first-order valence-electron chi connectivity index (χ1n) is 8.07. The maximum atomic E-state index is 12.9. The molecule has 1 amide bonds. The van der Waals surface area contributed by atoms with E-state index in [1.54, 1.807) is 11.8 Å². The quantitative estimate of drug-likeness (QED) is 0.766. The van der Waals surface area contributed by atoms with Gasteiger partial charge in [-0.05, 0) is 24.4 Å². The Hall–Kier alpha value is -2.51. The van der Waals surface area contributed by atoms with Crippen LogP contribution in [0.2, 0.25) is 0 Å². The zero-order chi connectivity index (χ0) is 17.4. The second-order valence-electron chi connectivity index (χ2n) is 6.03. The van der Waals surface area contributed by atoms with Gasteiger partial charge >= 0.3 is 0 Å². The van der Waals surface area contributed by atoms with Gasteiger partial charge in [0.25, 0.3) is 11.5 Å². The van der Waals surface area contributed by atoms with Crippen LogP contribution in [0.25, 0.3) is 10.1 Å². The van der Waals surface area contributed by atoms with Crippen molar-refractivity contribution in [1.29, 1.82) is 0 Å². The Morgan fingerprint density at radius 2 is 2.20 bits per heavy atom. The molecule has 6 nitrogen and oxygen atoms in total. The van der Waals surface area contributed by atoms with Gasteiger partial charge < -0.3 is 14.6 Å². The molecule has 1 N–H and O–H groups in total. The molecular formula is C18H17N3O3S. The van der Waals surface area contributed by atoms with Crippen molar-refractivity contribution in [3.05, 3.63) is 63.1 Å². The molecule has 0 spiro atoms. The van der Waals surface area contributed by atoms with Crippen LogP contribution in [0.5, 0.6) is 0 Å². The number of morpholine rings is 1. The van der Waals surface area contributed by atoms with E-state index >= 15 is 0 Å². The van der Waals surface area contributed by atoms with E-state index in [1.165, 1.54) is 17.4 Å². The number of thiophene rings is 1. The standard InChI is InChI=1S/C18H17N3O3S/c1-11-8-16(22)20-17(19-11)13-10-21(6-7-24-13)18(23)15-9-12-4-2-3-5-14(12)25-15/h2-5,8-9,13H,6-7,10H2,1H3,(H,19,20,22)/t13-/m0/s1. The molecule has 1 aliphatic heterocycles. The monoisotopic (exact) mass is 355 g/mol. The van der Waals surface area contributed by atoms with Gasteiger partial charge in [0.05, 0.1) is 18.0 Å². The number of nitrogens with one attached hydrogen (secondary N) is 1. The highest BCUT2D eigenvalue weighted by Gasteiger charge is 2.28. The number of amides is 1. The number of fused-ring (bicyclic) bond motifs is 1. The molecule has 25 heavy (non-hydrogen) atoms. The first-order chi connectivity index (χ1) is 12.1. The summed E-state index contributed by atoms with van der Waals surface area (Å²) in [7, 11) is 0. The first-order valence-corrected chi connectivity index (χ1v) is 8.89. The van der Waals surface area contributed by atoms with Crippen molar-refractivity contribution in [2.75, 3.05) is 19.7 Å².